The number of carboxylic acids is 1. The molecule has 2 amide bonds. The van der Waals surface area contributed by atoms with Gasteiger partial charge >= 0.3 is 12.0 Å². The summed E-state index contributed by atoms with van der Waals surface area (Å²) < 4.78 is 5.49. The first-order valence-corrected chi connectivity index (χ1v) is 9.18. The number of carbonyl (C=O) groups is 2. The van der Waals surface area contributed by atoms with E-state index in [2.05, 4.69) is 10.6 Å². The second-order valence-electron chi connectivity index (χ2n) is 6.62. The van der Waals surface area contributed by atoms with Crippen LogP contribution >= 0.6 is 0 Å². The van der Waals surface area contributed by atoms with Crippen molar-refractivity contribution in [3.63, 3.8) is 0 Å². The van der Waals surface area contributed by atoms with E-state index in [1.807, 2.05) is 49.9 Å². The molecule has 1 saturated carbocycles. The highest BCUT2D eigenvalue weighted by Crippen LogP contribution is 2.25. The van der Waals surface area contributed by atoms with Crippen LogP contribution in [0.25, 0.3) is 0 Å². The molecule has 1 fully saturated rings. The van der Waals surface area contributed by atoms with Crippen LogP contribution in [0.5, 0.6) is 5.75 Å². The van der Waals surface area contributed by atoms with Crippen molar-refractivity contribution < 1.29 is 19.4 Å². The van der Waals surface area contributed by atoms with E-state index in [-0.39, 0.29) is 30.7 Å². The van der Waals surface area contributed by atoms with Crippen molar-refractivity contribution in [3.8, 4) is 5.75 Å². The fraction of sp³-hybridized carbons (Fsp3) is 0.579. The summed E-state index contributed by atoms with van der Waals surface area (Å²) in [5.74, 6) is -0.0249. The van der Waals surface area contributed by atoms with Gasteiger partial charge in [-0.2, -0.15) is 0 Å². The van der Waals surface area contributed by atoms with Crippen LogP contribution in [0.2, 0.25) is 0 Å². The third-order valence-electron chi connectivity index (χ3n) is 4.73. The van der Waals surface area contributed by atoms with E-state index in [4.69, 9.17) is 9.84 Å². The molecule has 1 aliphatic carbocycles. The van der Waals surface area contributed by atoms with E-state index in [1.54, 1.807) is 0 Å². The zero-order chi connectivity index (χ0) is 19.1. The number of hydrogen-bond acceptors (Lipinski definition) is 4. The Bertz CT molecular complexity index is 617. The Labute approximate surface area is 154 Å². The average molecular weight is 363 g/mol. The maximum Gasteiger partial charge on any atom is 0.317 e. The predicted octanol–water partition coefficient (Wildman–Crippen LogP) is 2.38. The van der Waals surface area contributed by atoms with Crippen molar-refractivity contribution in [1.29, 1.82) is 0 Å². The molecule has 0 radical (unpaired) electrons. The quantitative estimate of drug-likeness (QED) is 0.627. The third-order valence-corrected chi connectivity index (χ3v) is 4.73. The number of nitrogens with one attached hydrogen (secondary N) is 2. The van der Waals surface area contributed by atoms with E-state index in [0.29, 0.717) is 13.2 Å². The highest BCUT2D eigenvalue weighted by molar-refractivity contribution is 5.75. The molecule has 0 bridgehead atoms. The number of carbonyl (C=O) groups excluding carboxylic acids is 1. The lowest BCUT2D eigenvalue weighted by atomic mass is 9.85. The molecule has 144 valence electrons. The van der Waals surface area contributed by atoms with Crippen LogP contribution in [0, 0.1) is 0 Å². The molecular formula is C19H29N3O4. The van der Waals surface area contributed by atoms with Gasteiger partial charge in [-0.3, -0.25) is 9.69 Å². The maximum absolute atomic E-state index is 12.2. The van der Waals surface area contributed by atoms with E-state index in [9.17, 15) is 9.59 Å². The molecule has 3 N–H and O–H groups in total. The van der Waals surface area contributed by atoms with E-state index in [1.165, 1.54) is 0 Å². The normalized spacial score (nSPS) is 20.2. The summed E-state index contributed by atoms with van der Waals surface area (Å²) in [5, 5.41) is 14.8. The molecule has 1 unspecified atom stereocenters. The smallest absolute Gasteiger partial charge is 0.317 e. The van der Waals surface area contributed by atoms with Crippen LogP contribution in [-0.4, -0.2) is 53.8 Å². The number of rotatable bonds is 9. The lowest BCUT2D eigenvalue weighted by Gasteiger charge is -2.42. The minimum atomic E-state index is -0.816. The number of amides is 2. The topological polar surface area (TPSA) is 90.9 Å². The van der Waals surface area contributed by atoms with Gasteiger partial charge in [-0.25, -0.2) is 4.79 Å². The second-order valence-corrected chi connectivity index (χ2v) is 6.62. The van der Waals surface area contributed by atoms with Crippen molar-refractivity contribution in [2.75, 3.05) is 19.7 Å². The summed E-state index contributed by atoms with van der Waals surface area (Å²) in [4.78, 5) is 25.0. The van der Waals surface area contributed by atoms with Crippen LogP contribution in [-0.2, 0) is 4.79 Å². The Morgan fingerprint density at radius 2 is 2.08 bits per heavy atom. The van der Waals surface area contributed by atoms with Crippen molar-refractivity contribution in [3.05, 3.63) is 29.8 Å². The van der Waals surface area contributed by atoms with Crippen LogP contribution in [0.3, 0.4) is 0 Å². The molecule has 0 saturated heterocycles. The van der Waals surface area contributed by atoms with Crippen LogP contribution in [0.1, 0.15) is 45.2 Å². The van der Waals surface area contributed by atoms with E-state index in [0.717, 1.165) is 24.2 Å². The van der Waals surface area contributed by atoms with Gasteiger partial charge in [0, 0.05) is 12.1 Å². The molecule has 26 heavy (non-hydrogen) atoms. The average Bonchev–Trinajstić information content (AvgIpc) is 2.56. The summed E-state index contributed by atoms with van der Waals surface area (Å²) in [6, 6.07) is 7.66. The fourth-order valence-electron chi connectivity index (χ4n) is 3.22. The minimum absolute atomic E-state index is 0.0489. The zero-order valence-electron chi connectivity index (χ0n) is 15.7. The van der Waals surface area contributed by atoms with Crippen molar-refractivity contribution >= 4 is 12.0 Å². The van der Waals surface area contributed by atoms with Crippen molar-refractivity contribution in [1.82, 2.24) is 15.5 Å². The summed E-state index contributed by atoms with van der Waals surface area (Å²) in [6.45, 7) is 7.17. The van der Waals surface area contributed by atoms with E-state index < -0.39 is 5.97 Å². The molecule has 7 nitrogen and oxygen atoms in total. The lowest BCUT2D eigenvalue weighted by molar-refractivity contribution is -0.139. The van der Waals surface area contributed by atoms with Gasteiger partial charge in [0.2, 0.25) is 0 Å². The van der Waals surface area contributed by atoms with Crippen LogP contribution in [0.15, 0.2) is 24.3 Å². The fourth-order valence-corrected chi connectivity index (χ4v) is 3.22. The summed E-state index contributed by atoms with van der Waals surface area (Å²) in [6.07, 6.45) is 1.56. The molecular weight excluding hydrogens is 334 g/mol. The van der Waals surface area contributed by atoms with Crippen LogP contribution in [0.4, 0.5) is 4.79 Å². The number of likely N-dealkylation sites (N-methyl/N-ethyl adjacent to an activating group) is 1. The zero-order valence-corrected chi connectivity index (χ0v) is 15.7. The standard InChI is InChI=1S/C19H29N3O4/c1-4-22(12-18(23)24)16-10-15(11-16)21-19(25)20-13(3)14-7-6-8-17(9-14)26-5-2/h6-9,13,15-16H,4-5,10-12H2,1-3H3,(H,23,24)(H2,20,21,25). The Kier molecular flexibility index (Phi) is 7.26. The molecule has 7 heteroatoms. The molecule has 2 rings (SSSR count). The summed E-state index contributed by atoms with van der Waals surface area (Å²) in [5.41, 5.74) is 0.983. The van der Waals surface area contributed by atoms with Gasteiger partial charge in [0.25, 0.3) is 0 Å². The Balaban J connectivity index is 1.77. The molecule has 1 aliphatic rings. The SMILES string of the molecule is CCOc1cccc(C(C)NC(=O)NC2CC(N(CC)CC(=O)O)C2)c1. The molecule has 1 atom stereocenters. The van der Waals surface area contributed by atoms with Crippen molar-refractivity contribution in [2.24, 2.45) is 0 Å². The number of carboxylic acid groups (broad SMARTS) is 1. The van der Waals surface area contributed by atoms with E-state index >= 15 is 0 Å². The predicted molar refractivity (Wildman–Crippen MR) is 99.4 cm³/mol. The molecule has 1 aromatic rings. The summed E-state index contributed by atoms with van der Waals surface area (Å²) >= 11 is 0. The van der Waals surface area contributed by atoms with Gasteiger partial charge in [0.05, 0.1) is 19.2 Å². The summed E-state index contributed by atoms with van der Waals surface area (Å²) in [7, 11) is 0. The lowest BCUT2D eigenvalue weighted by Crippen LogP contribution is -2.56. The Morgan fingerprint density at radius 3 is 2.69 bits per heavy atom. The van der Waals surface area contributed by atoms with Crippen LogP contribution < -0.4 is 15.4 Å². The van der Waals surface area contributed by atoms with Gasteiger partial charge < -0.3 is 20.5 Å². The highest BCUT2D eigenvalue weighted by atomic mass is 16.5. The Morgan fingerprint density at radius 1 is 1.35 bits per heavy atom. The van der Waals surface area contributed by atoms with Gasteiger partial charge in [-0.05, 0) is 50.9 Å². The molecule has 0 spiro atoms. The largest absolute Gasteiger partial charge is 0.494 e. The molecule has 0 heterocycles. The van der Waals surface area contributed by atoms with Gasteiger partial charge in [0.15, 0.2) is 0 Å². The molecule has 1 aromatic carbocycles. The number of hydrogen-bond donors (Lipinski definition) is 3. The second kappa shape index (κ2) is 9.43. The van der Waals surface area contributed by atoms with Gasteiger partial charge in [-0.1, -0.05) is 19.1 Å². The maximum atomic E-state index is 12.2. The molecule has 0 aromatic heterocycles. The van der Waals surface area contributed by atoms with Crippen molar-refractivity contribution in [2.45, 2.75) is 51.7 Å². The molecule has 0 aliphatic heterocycles. The first kappa shape index (κ1) is 20.0. The number of aliphatic carboxylic acids is 1. The first-order chi connectivity index (χ1) is 12.4. The number of nitrogens with zero attached hydrogens (tertiary/aromatic N) is 1. The number of benzene rings is 1. The highest BCUT2D eigenvalue weighted by Gasteiger charge is 2.34. The van der Waals surface area contributed by atoms with Gasteiger partial charge in [0.1, 0.15) is 5.75 Å². The van der Waals surface area contributed by atoms with Gasteiger partial charge in [-0.15, -0.1) is 0 Å². The number of ether oxygens (including phenoxy) is 1. The number of urea groups is 1. The monoisotopic (exact) mass is 363 g/mol. The minimum Gasteiger partial charge on any atom is -0.494 e. The first-order valence-electron chi connectivity index (χ1n) is 9.18. The Hall–Kier alpha value is -2.28. The third kappa shape index (κ3) is 5.62.